The second-order valence-corrected chi connectivity index (χ2v) is 21.4. The van der Waals surface area contributed by atoms with Crippen molar-refractivity contribution < 1.29 is 19.1 Å². The second-order valence-electron chi connectivity index (χ2n) is 13.0. The smallest absolute Gasteiger partial charge is 0.317 e. The lowest BCUT2D eigenvalue weighted by Crippen LogP contribution is -2.18. The Morgan fingerprint density at radius 1 is 0.368 bits per heavy atom. The van der Waals surface area contributed by atoms with E-state index >= 15 is 0 Å². The Hall–Kier alpha value is -3.46. The number of esters is 2. The number of carbonyl (C=O) groups is 2. The van der Waals surface area contributed by atoms with Crippen LogP contribution in [0, 0.1) is 0 Å². The number of hydrogen-bond acceptors (Lipinski definition) is 12. The number of thioether (sulfide) groups is 8. The number of hydrogen-bond donors (Lipinski definition) is 0. The third-order valence-corrected chi connectivity index (χ3v) is 18.2. The number of ether oxygens (including phenoxy) is 2. The topological polar surface area (TPSA) is 52.6 Å². The average Bonchev–Trinajstić information content (AvgIpc) is 4.09. The van der Waals surface area contributed by atoms with Gasteiger partial charge in [-0.05, 0) is 110 Å². The fraction of sp³-hybridized carbons (Fsp3) is 0.0667. The van der Waals surface area contributed by atoms with Crippen LogP contribution in [0.4, 0.5) is 0 Å². The molecule has 0 bridgehead atoms. The molecule has 12 heteroatoms. The van der Waals surface area contributed by atoms with Gasteiger partial charge in [-0.1, -0.05) is 167 Å². The molecule has 57 heavy (non-hydrogen) atoms. The average molecular weight is 889 g/mol. The van der Waals surface area contributed by atoms with Crippen molar-refractivity contribution in [2.24, 2.45) is 0 Å². The van der Waals surface area contributed by atoms with Crippen LogP contribution in [0.15, 0.2) is 128 Å². The zero-order chi connectivity index (χ0) is 38.3. The maximum absolute atomic E-state index is 13.1. The van der Waals surface area contributed by atoms with Gasteiger partial charge in [-0.15, -0.1) is 0 Å². The van der Waals surface area contributed by atoms with Crippen LogP contribution >= 0.6 is 94.1 Å². The summed E-state index contributed by atoms with van der Waals surface area (Å²) in [5, 5.41) is 31.2. The van der Waals surface area contributed by atoms with Crippen molar-refractivity contribution in [1.82, 2.24) is 0 Å². The molecule has 4 aliphatic rings. The molecule has 0 atom stereocenters. The normalized spacial score (nSPS) is 16.1. The monoisotopic (exact) mass is 888 g/mol. The van der Waals surface area contributed by atoms with Crippen LogP contribution in [0.25, 0.3) is 60.0 Å². The van der Waals surface area contributed by atoms with Gasteiger partial charge in [0, 0.05) is 20.9 Å². The van der Waals surface area contributed by atoms with Crippen LogP contribution in [0.5, 0.6) is 0 Å². The summed E-state index contributed by atoms with van der Waals surface area (Å²) in [4.78, 5) is 26.1. The molecule has 0 spiro atoms. The fourth-order valence-electron chi connectivity index (χ4n) is 7.36. The molecule has 0 aliphatic carbocycles. The highest BCUT2D eigenvalue weighted by Crippen LogP contribution is 2.43. The Kier molecular flexibility index (Phi) is 11.0. The lowest BCUT2D eigenvalue weighted by molar-refractivity contribution is -0.156. The molecule has 10 rings (SSSR count). The maximum Gasteiger partial charge on any atom is 0.317 e. The second kappa shape index (κ2) is 16.7. The molecule has 0 aromatic heterocycles. The molecule has 0 fully saturated rings. The molecule has 280 valence electrons. The zero-order valence-electron chi connectivity index (χ0n) is 29.7. The summed E-state index contributed by atoms with van der Waals surface area (Å²) in [6.45, 7) is 0.107. The Bertz CT molecular complexity index is 2860. The molecule has 4 nitrogen and oxygen atoms in total. The summed E-state index contributed by atoms with van der Waals surface area (Å²) in [6.07, 6.45) is -0.464. The maximum atomic E-state index is 13.1. The lowest BCUT2D eigenvalue weighted by Gasteiger charge is -2.13. The Morgan fingerprint density at radius 3 is 0.965 bits per heavy atom. The number of fused-ring (bicyclic) bond motifs is 4. The predicted molar refractivity (Wildman–Crippen MR) is 257 cm³/mol. The van der Waals surface area contributed by atoms with Gasteiger partial charge in [-0.3, -0.25) is 9.59 Å². The molecule has 4 heterocycles. The van der Waals surface area contributed by atoms with E-state index in [2.05, 4.69) is 116 Å². The van der Waals surface area contributed by atoms with Crippen LogP contribution in [0.3, 0.4) is 0 Å². The van der Waals surface area contributed by atoms with Gasteiger partial charge in [0.1, 0.15) is 19.6 Å². The van der Waals surface area contributed by atoms with Gasteiger partial charge in [-0.25, -0.2) is 0 Å². The van der Waals surface area contributed by atoms with Crippen LogP contribution in [0.1, 0.15) is 17.5 Å². The van der Waals surface area contributed by atoms with Gasteiger partial charge >= 0.3 is 11.9 Å². The van der Waals surface area contributed by atoms with E-state index in [0.717, 1.165) is 32.7 Å². The molecular formula is C45H28O4S8. The van der Waals surface area contributed by atoms with E-state index in [0.29, 0.717) is 0 Å². The summed E-state index contributed by atoms with van der Waals surface area (Å²) in [5.74, 6) is -1.23. The molecule has 0 unspecified atom stereocenters. The Morgan fingerprint density at radius 2 is 0.649 bits per heavy atom. The quantitative estimate of drug-likeness (QED) is 0.0909. The summed E-state index contributed by atoms with van der Waals surface area (Å²) in [5.41, 5.74) is 1.72. The van der Waals surface area contributed by atoms with E-state index in [1.54, 1.807) is 94.1 Å². The van der Waals surface area contributed by atoms with Crippen LogP contribution in [0.2, 0.25) is 0 Å². The molecule has 4 aliphatic heterocycles. The van der Waals surface area contributed by atoms with Gasteiger partial charge in [0.2, 0.25) is 0 Å². The van der Waals surface area contributed by atoms with Crippen molar-refractivity contribution >= 4 is 166 Å². The first-order chi connectivity index (χ1) is 28.1. The Balaban J connectivity index is 0.899. The standard InChI is InChI=1S/C45H28O4S8/c46-36(48-24-26-9-11-32-34(21-26)40(44-54-17-18-55-44)30-7-3-1-5-28(30)38(32)42-50-13-14-51-42)23-37(47)49-25-27-10-12-33-35(22-27)41(45-56-19-20-57-45)31-8-4-2-6-29(31)39(33)43-52-15-16-53-43/h1-22H,23-25H2. The van der Waals surface area contributed by atoms with Gasteiger partial charge in [0.05, 0.1) is 16.9 Å². The fourth-order valence-corrected chi connectivity index (χ4v) is 15.0. The number of carbonyl (C=O) groups excluding carboxylic acids is 2. The van der Waals surface area contributed by atoms with E-state index in [-0.39, 0.29) is 13.2 Å². The van der Waals surface area contributed by atoms with E-state index in [9.17, 15) is 9.59 Å². The minimum absolute atomic E-state index is 0.0533. The summed E-state index contributed by atoms with van der Waals surface area (Å²) in [7, 11) is 0. The SMILES string of the molecule is O=C(CC(=O)OCc1ccc2c(=C3SC=CS3)c3ccccc3c(=C3SC=CS3)c2c1)OCc1ccc2c(=C3SC=CS3)c3ccccc3c(=C3SC=CS3)c2c1. The largest absolute Gasteiger partial charge is 0.460 e. The lowest BCUT2D eigenvalue weighted by atomic mass is 9.97. The van der Waals surface area contributed by atoms with Crippen molar-refractivity contribution in [2.75, 3.05) is 0 Å². The highest BCUT2D eigenvalue weighted by atomic mass is 32.2. The minimum Gasteiger partial charge on any atom is -0.460 e. The van der Waals surface area contributed by atoms with Gasteiger partial charge in [0.25, 0.3) is 0 Å². The first-order valence-corrected chi connectivity index (χ1v) is 24.8. The van der Waals surface area contributed by atoms with E-state index in [1.807, 2.05) is 12.1 Å². The highest BCUT2D eigenvalue weighted by Gasteiger charge is 2.19. The molecular weight excluding hydrogens is 861 g/mol. The van der Waals surface area contributed by atoms with Crippen molar-refractivity contribution in [2.45, 2.75) is 19.6 Å². The van der Waals surface area contributed by atoms with E-state index in [4.69, 9.17) is 9.47 Å². The molecule has 0 N–H and O–H groups in total. The minimum atomic E-state index is -0.617. The van der Waals surface area contributed by atoms with Gasteiger partial charge in [-0.2, -0.15) is 0 Å². The van der Waals surface area contributed by atoms with Crippen LogP contribution in [-0.2, 0) is 32.3 Å². The molecule has 0 saturated carbocycles. The molecule has 6 aromatic rings. The summed E-state index contributed by atoms with van der Waals surface area (Å²) in [6, 6.07) is 29.8. The third-order valence-electron chi connectivity index (χ3n) is 9.70. The first kappa shape index (κ1) is 37.8. The number of benzene rings is 6. The predicted octanol–water partition coefficient (Wildman–Crippen LogP) is 11.5. The van der Waals surface area contributed by atoms with E-state index in [1.165, 1.54) is 59.4 Å². The zero-order valence-corrected chi connectivity index (χ0v) is 36.3. The van der Waals surface area contributed by atoms with E-state index < -0.39 is 18.4 Å². The number of rotatable bonds is 6. The first-order valence-electron chi connectivity index (χ1n) is 17.8. The molecule has 0 saturated heterocycles. The highest BCUT2D eigenvalue weighted by molar-refractivity contribution is 8.36. The van der Waals surface area contributed by atoms with Crippen LogP contribution in [-0.4, -0.2) is 11.9 Å². The van der Waals surface area contributed by atoms with Gasteiger partial charge in [0.15, 0.2) is 0 Å². The molecule has 0 amide bonds. The van der Waals surface area contributed by atoms with Gasteiger partial charge < -0.3 is 9.47 Å². The molecule has 6 aromatic carbocycles. The third kappa shape index (κ3) is 7.41. The summed E-state index contributed by atoms with van der Waals surface area (Å²) >= 11 is 13.9. The Labute approximate surface area is 361 Å². The van der Waals surface area contributed by atoms with Crippen molar-refractivity contribution in [1.29, 1.82) is 0 Å². The van der Waals surface area contributed by atoms with Crippen molar-refractivity contribution in [3.05, 3.63) is 160 Å². The molecule has 0 radical (unpaired) electrons. The van der Waals surface area contributed by atoms with Crippen molar-refractivity contribution in [3.8, 4) is 0 Å². The van der Waals surface area contributed by atoms with Crippen LogP contribution < -0.4 is 20.9 Å². The van der Waals surface area contributed by atoms with Crippen molar-refractivity contribution in [3.63, 3.8) is 0 Å². The summed E-state index contributed by atoms with van der Waals surface area (Å²) < 4.78 is 16.3.